The van der Waals surface area contributed by atoms with Crippen LogP contribution >= 0.6 is 0 Å². The molecule has 0 aromatic heterocycles. The molecule has 19 heavy (non-hydrogen) atoms. The van der Waals surface area contributed by atoms with Crippen LogP contribution in [-0.2, 0) is 4.53 Å². The molecule has 0 unspecified atom stereocenters. The number of hydrogen-bond donors (Lipinski definition) is 0. The highest BCUT2D eigenvalue weighted by molar-refractivity contribution is 7.87. The van der Waals surface area contributed by atoms with Gasteiger partial charge in [0.05, 0.1) is 28.3 Å². The van der Waals surface area contributed by atoms with E-state index in [0.717, 1.165) is 0 Å². The molecule has 115 valence electrons. The van der Waals surface area contributed by atoms with Gasteiger partial charge in [0.2, 0.25) is 0 Å². The summed E-state index contributed by atoms with van der Waals surface area (Å²) in [5, 5.41) is 0. The standard InChI is InChI=1S/C13H36NOSi4/c1-13(2,3)14-15-19(16(4,5)6,17(7,8)9)18(10,11)12/h1-12H3. The van der Waals surface area contributed by atoms with Crippen LogP contribution in [0.15, 0.2) is 0 Å². The predicted molar refractivity (Wildman–Crippen MR) is 98.8 cm³/mol. The molecule has 1 radical (unpaired) electrons. The third-order valence-corrected chi connectivity index (χ3v) is 70.7. The van der Waals surface area contributed by atoms with Gasteiger partial charge in [-0.3, -0.25) is 0 Å². The Morgan fingerprint density at radius 1 is 0.632 bits per heavy atom. The summed E-state index contributed by atoms with van der Waals surface area (Å²) in [5.41, 5.74) is 4.61. The van der Waals surface area contributed by atoms with E-state index >= 15 is 0 Å². The molecule has 0 spiro atoms. The van der Waals surface area contributed by atoms with Crippen molar-refractivity contribution in [3.8, 4) is 0 Å². The van der Waals surface area contributed by atoms with E-state index in [4.69, 9.17) is 10.0 Å². The molecule has 0 N–H and O–H groups in total. The van der Waals surface area contributed by atoms with Gasteiger partial charge in [-0.05, 0) is 20.8 Å². The summed E-state index contributed by atoms with van der Waals surface area (Å²) in [7, 11) is -4.08. The number of nitrogens with zero attached hydrogens (tertiary/aromatic N) is 1. The van der Waals surface area contributed by atoms with E-state index in [2.05, 4.69) is 79.7 Å². The average molecular weight is 335 g/mol. The van der Waals surface area contributed by atoms with Gasteiger partial charge in [0.15, 0.2) is 6.87 Å². The molecule has 0 bridgehead atoms. The minimum absolute atomic E-state index is 0.0861. The van der Waals surface area contributed by atoms with Gasteiger partial charge in [-0.15, -0.1) is 5.48 Å². The van der Waals surface area contributed by atoms with Crippen molar-refractivity contribution in [2.24, 2.45) is 0 Å². The molecular formula is C13H36NOSi4. The lowest BCUT2D eigenvalue weighted by Gasteiger charge is -2.55. The van der Waals surface area contributed by atoms with Crippen molar-refractivity contribution in [3.63, 3.8) is 0 Å². The van der Waals surface area contributed by atoms with Crippen LogP contribution in [0.4, 0.5) is 0 Å². The lowest BCUT2D eigenvalue weighted by molar-refractivity contribution is 0.111. The molecule has 0 atom stereocenters. The topological polar surface area (TPSA) is 23.3 Å². The van der Waals surface area contributed by atoms with Crippen LogP contribution in [0.25, 0.3) is 0 Å². The molecule has 2 nitrogen and oxygen atoms in total. The molecule has 0 aromatic rings. The van der Waals surface area contributed by atoms with Crippen LogP contribution in [0.2, 0.25) is 58.9 Å². The molecule has 6 heteroatoms. The quantitative estimate of drug-likeness (QED) is 0.535. The second kappa shape index (κ2) is 5.53. The van der Waals surface area contributed by atoms with E-state index in [1.807, 2.05) is 0 Å². The minimum atomic E-state index is -1.76. The largest absolute Gasteiger partial charge is 0.337 e. The zero-order chi connectivity index (χ0) is 15.9. The predicted octanol–water partition coefficient (Wildman–Crippen LogP) is 4.52. The summed E-state index contributed by atoms with van der Waals surface area (Å²) in [6, 6.07) is 0. The smallest absolute Gasteiger partial charge is 0.187 e. The van der Waals surface area contributed by atoms with E-state index in [9.17, 15) is 0 Å². The number of hydroxylamine groups is 1. The van der Waals surface area contributed by atoms with Crippen LogP contribution in [-0.4, -0.2) is 35.2 Å². The fourth-order valence-electron chi connectivity index (χ4n) is 3.99. The lowest BCUT2D eigenvalue weighted by Crippen LogP contribution is -2.85. The molecule has 0 amide bonds. The Kier molecular flexibility index (Phi) is 5.76. The minimum Gasteiger partial charge on any atom is -0.337 e. The maximum absolute atomic E-state index is 6.64. The fraction of sp³-hybridized carbons (Fsp3) is 1.00. The highest BCUT2D eigenvalue weighted by Gasteiger charge is 2.65. The number of rotatable bonds is 5. The number of hydrogen-bond acceptors (Lipinski definition) is 1. The van der Waals surface area contributed by atoms with Gasteiger partial charge in [0, 0.05) is 0 Å². The Bertz CT molecular complexity index is 269. The van der Waals surface area contributed by atoms with Crippen molar-refractivity contribution >= 4 is 29.6 Å². The third-order valence-electron chi connectivity index (χ3n) is 3.62. The second-order valence-corrected chi connectivity index (χ2v) is 49.2. The van der Waals surface area contributed by atoms with E-state index in [1.165, 1.54) is 0 Å². The molecule has 0 aromatic carbocycles. The summed E-state index contributed by atoms with van der Waals surface area (Å²) in [4.78, 5) is 0. The first-order chi connectivity index (χ1) is 7.96. The Morgan fingerprint density at radius 3 is 1.05 bits per heavy atom. The molecule has 0 fully saturated rings. The normalized spacial score (nSPS) is 15.8. The van der Waals surface area contributed by atoms with Crippen molar-refractivity contribution in [1.82, 2.24) is 5.48 Å². The maximum Gasteiger partial charge on any atom is 0.187 e. The monoisotopic (exact) mass is 334 g/mol. The van der Waals surface area contributed by atoms with Crippen molar-refractivity contribution in [3.05, 3.63) is 0 Å². The molecule has 0 saturated carbocycles. The zero-order valence-electron chi connectivity index (χ0n) is 15.4. The SMILES string of the molecule is CC(C)(C)[N]O[Si]([Si](C)(C)C)([Si](C)(C)C)[Si](C)(C)C. The molecule has 0 heterocycles. The van der Waals surface area contributed by atoms with Gasteiger partial charge < -0.3 is 4.53 Å². The third kappa shape index (κ3) is 4.38. The summed E-state index contributed by atoms with van der Waals surface area (Å²) in [6.07, 6.45) is 0. The Balaban J connectivity index is 5.83. The summed E-state index contributed by atoms with van der Waals surface area (Å²) in [5.74, 6) is 0. The summed E-state index contributed by atoms with van der Waals surface area (Å²) in [6.45, 7) is 27.4. The molecule has 0 aliphatic heterocycles. The summed E-state index contributed by atoms with van der Waals surface area (Å²) >= 11 is 0. The summed E-state index contributed by atoms with van der Waals surface area (Å²) < 4.78 is 6.64. The van der Waals surface area contributed by atoms with Crippen LogP contribution in [0, 0.1) is 0 Å². The maximum atomic E-state index is 6.64. The molecule has 0 rings (SSSR count). The lowest BCUT2D eigenvalue weighted by atomic mass is 10.1. The average Bonchev–Trinajstić information content (AvgIpc) is 1.92. The van der Waals surface area contributed by atoms with E-state index in [-0.39, 0.29) is 5.54 Å². The Labute approximate surface area is 125 Å². The first kappa shape index (κ1) is 19.8. The van der Waals surface area contributed by atoms with Crippen molar-refractivity contribution in [2.45, 2.75) is 85.2 Å². The molecule has 0 aliphatic carbocycles. The van der Waals surface area contributed by atoms with E-state index in [1.54, 1.807) is 0 Å². The zero-order valence-corrected chi connectivity index (χ0v) is 19.4. The second-order valence-electron chi connectivity index (χ2n) is 9.78. The molecular weight excluding hydrogens is 298 g/mol. The van der Waals surface area contributed by atoms with Gasteiger partial charge in [-0.25, -0.2) is 0 Å². The van der Waals surface area contributed by atoms with Crippen LogP contribution in [0.3, 0.4) is 0 Å². The van der Waals surface area contributed by atoms with Gasteiger partial charge in [0.25, 0.3) is 0 Å². The highest BCUT2D eigenvalue weighted by Crippen LogP contribution is 2.37. The van der Waals surface area contributed by atoms with Crippen molar-refractivity contribution in [1.29, 1.82) is 0 Å². The molecule has 0 aliphatic rings. The van der Waals surface area contributed by atoms with Gasteiger partial charge in [-0.2, -0.15) is 0 Å². The van der Waals surface area contributed by atoms with E-state index < -0.39 is 29.6 Å². The van der Waals surface area contributed by atoms with E-state index in [0.29, 0.717) is 0 Å². The van der Waals surface area contributed by atoms with Crippen LogP contribution in [0.1, 0.15) is 20.8 Å². The fourth-order valence-corrected chi connectivity index (χ4v) is 95.8. The van der Waals surface area contributed by atoms with Crippen molar-refractivity contribution < 1.29 is 4.53 Å². The Hall–Kier alpha value is 0.788. The Morgan fingerprint density at radius 2 is 0.895 bits per heavy atom. The van der Waals surface area contributed by atoms with Gasteiger partial charge in [0.1, 0.15) is 0 Å². The first-order valence-electron chi connectivity index (χ1n) is 7.36. The van der Waals surface area contributed by atoms with Gasteiger partial charge >= 0.3 is 0 Å². The first-order valence-corrected chi connectivity index (χ1v) is 22.8. The van der Waals surface area contributed by atoms with Crippen LogP contribution in [0.5, 0.6) is 0 Å². The van der Waals surface area contributed by atoms with Crippen LogP contribution < -0.4 is 5.48 Å². The van der Waals surface area contributed by atoms with Gasteiger partial charge in [-0.1, -0.05) is 58.9 Å². The van der Waals surface area contributed by atoms with Crippen molar-refractivity contribution in [2.75, 3.05) is 0 Å². The molecule has 0 saturated heterocycles. The highest BCUT2D eigenvalue weighted by atomic mass is 29.9.